The largest absolute Gasteiger partial charge is 0.489 e. The van der Waals surface area contributed by atoms with E-state index in [4.69, 9.17) is 33.0 Å². The van der Waals surface area contributed by atoms with Crippen LogP contribution in [0.4, 0.5) is 4.79 Å². The second-order valence-corrected chi connectivity index (χ2v) is 10.6. The van der Waals surface area contributed by atoms with Crippen molar-refractivity contribution in [2.75, 3.05) is 18.8 Å². The molecule has 12 heteroatoms. The first kappa shape index (κ1) is 25.5. The Kier molecular flexibility index (Phi) is 9.13. The Bertz CT molecular complexity index is 1030. The third-order valence-electron chi connectivity index (χ3n) is 5.29. The van der Waals surface area contributed by atoms with Crippen molar-refractivity contribution in [1.82, 2.24) is 19.6 Å². The molecule has 0 aliphatic carbocycles. The van der Waals surface area contributed by atoms with E-state index in [1.165, 1.54) is 4.31 Å². The van der Waals surface area contributed by atoms with E-state index in [-0.39, 0.29) is 24.9 Å². The molecule has 0 spiro atoms. The lowest BCUT2D eigenvalue weighted by Crippen LogP contribution is -2.47. The Labute approximate surface area is 203 Å². The van der Waals surface area contributed by atoms with E-state index in [0.717, 1.165) is 0 Å². The number of halogens is 2. The van der Waals surface area contributed by atoms with Gasteiger partial charge in [0.1, 0.15) is 17.7 Å². The van der Waals surface area contributed by atoms with Crippen molar-refractivity contribution in [3.8, 4) is 5.75 Å². The minimum atomic E-state index is -3.66. The smallest absolute Gasteiger partial charge is 0.404 e. The Hall–Kier alpha value is -2.14. The number of sulfonamides is 1. The number of amides is 1. The first-order chi connectivity index (χ1) is 15.7. The fraction of sp³-hybridized carbons (Fsp3) is 0.476. The summed E-state index contributed by atoms with van der Waals surface area (Å²) in [5, 5.41) is 12.4. The van der Waals surface area contributed by atoms with Crippen molar-refractivity contribution in [2.24, 2.45) is 0 Å². The second kappa shape index (κ2) is 11.8. The molecular weight excluding hydrogens is 491 g/mol. The quantitative estimate of drug-likeness (QED) is 0.494. The molecule has 1 fully saturated rings. The summed E-state index contributed by atoms with van der Waals surface area (Å²) in [6, 6.07) is 5.96. The number of aryl methyl sites for hydroxylation is 1. The molecule has 3 rings (SSSR count). The molecule has 1 saturated heterocycles. The molecule has 1 unspecified atom stereocenters. The topological polar surface area (TPSA) is 122 Å². The lowest BCUT2D eigenvalue weighted by Gasteiger charge is -2.32. The monoisotopic (exact) mass is 516 g/mol. The number of hydrogen-bond acceptors (Lipinski definition) is 6. The van der Waals surface area contributed by atoms with Crippen LogP contribution >= 0.6 is 23.2 Å². The lowest BCUT2D eigenvalue weighted by molar-refractivity contribution is 0.135. The predicted molar refractivity (Wildman–Crippen MR) is 125 cm³/mol. The third kappa shape index (κ3) is 7.99. The summed E-state index contributed by atoms with van der Waals surface area (Å²) in [5.74, 6) is 0.844. The van der Waals surface area contributed by atoms with Gasteiger partial charge in [-0.3, -0.25) is 0 Å². The van der Waals surface area contributed by atoms with Gasteiger partial charge in [0, 0.05) is 43.0 Å². The van der Waals surface area contributed by atoms with Crippen LogP contribution in [0.3, 0.4) is 0 Å². The zero-order chi connectivity index (χ0) is 23.8. The number of carboxylic acid groups (broad SMARTS) is 1. The summed E-state index contributed by atoms with van der Waals surface area (Å²) in [6.45, 7) is 0.575. The highest BCUT2D eigenvalue weighted by Crippen LogP contribution is 2.30. The molecule has 2 N–H and O–H groups in total. The Morgan fingerprint density at radius 1 is 1.24 bits per heavy atom. The van der Waals surface area contributed by atoms with Gasteiger partial charge < -0.3 is 15.2 Å². The number of piperidine rings is 1. The van der Waals surface area contributed by atoms with Gasteiger partial charge >= 0.3 is 6.09 Å². The summed E-state index contributed by atoms with van der Waals surface area (Å²) in [5.41, 5.74) is 0. The van der Waals surface area contributed by atoms with Gasteiger partial charge in [-0.1, -0.05) is 23.2 Å². The van der Waals surface area contributed by atoms with Gasteiger partial charge in [0.25, 0.3) is 0 Å². The minimum absolute atomic E-state index is 0.172. The highest BCUT2D eigenvalue weighted by Gasteiger charge is 2.31. The molecule has 1 atom stereocenters. The summed E-state index contributed by atoms with van der Waals surface area (Å²) >= 11 is 12.1. The number of benzene rings is 1. The van der Waals surface area contributed by atoms with Gasteiger partial charge in [0.2, 0.25) is 10.0 Å². The first-order valence-corrected chi connectivity index (χ1v) is 12.9. The maximum absolute atomic E-state index is 13.0. The number of ether oxygens (including phenoxy) is 1. The van der Waals surface area contributed by atoms with Crippen LogP contribution in [0.5, 0.6) is 5.75 Å². The predicted octanol–water partition coefficient (Wildman–Crippen LogP) is 3.62. The van der Waals surface area contributed by atoms with E-state index in [0.29, 0.717) is 53.7 Å². The molecule has 0 bridgehead atoms. The molecule has 180 valence electrons. The zero-order valence-electron chi connectivity index (χ0n) is 17.9. The maximum atomic E-state index is 13.0. The summed E-state index contributed by atoms with van der Waals surface area (Å²) in [4.78, 5) is 19.5. The summed E-state index contributed by atoms with van der Waals surface area (Å²) < 4.78 is 33.2. The van der Waals surface area contributed by atoms with Crippen LogP contribution in [0, 0.1) is 0 Å². The van der Waals surface area contributed by atoms with Crippen LogP contribution in [0.1, 0.15) is 31.5 Å². The normalized spacial score (nSPS) is 16.3. The van der Waals surface area contributed by atoms with Gasteiger partial charge in [0.05, 0.1) is 10.8 Å². The van der Waals surface area contributed by atoms with Crippen LogP contribution in [0.25, 0.3) is 0 Å². The Morgan fingerprint density at radius 2 is 1.94 bits per heavy atom. The molecule has 1 aromatic heterocycles. The van der Waals surface area contributed by atoms with Crippen molar-refractivity contribution >= 4 is 39.3 Å². The molecule has 1 aromatic carbocycles. The first-order valence-electron chi connectivity index (χ1n) is 10.6. The van der Waals surface area contributed by atoms with E-state index in [9.17, 15) is 13.2 Å². The molecule has 1 aliphatic heterocycles. The zero-order valence-corrected chi connectivity index (χ0v) is 20.2. The number of carbonyl (C=O) groups is 1. The fourth-order valence-electron chi connectivity index (χ4n) is 3.68. The van der Waals surface area contributed by atoms with Gasteiger partial charge in [-0.2, -0.15) is 0 Å². The molecule has 0 radical (unpaired) electrons. The molecular formula is C21H26Cl2N4O5S. The van der Waals surface area contributed by atoms with Gasteiger partial charge in [-0.15, -0.1) is 0 Å². The number of nitrogens with one attached hydrogen (secondary N) is 1. The Morgan fingerprint density at radius 3 is 2.58 bits per heavy atom. The van der Waals surface area contributed by atoms with E-state index in [2.05, 4.69) is 15.3 Å². The average molecular weight is 517 g/mol. The van der Waals surface area contributed by atoms with E-state index < -0.39 is 22.2 Å². The van der Waals surface area contributed by atoms with Crippen LogP contribution in [-0.4, -0.2) is 64.9 Å². The summed E-state index contributed by atoms with van der Waals surface area (Å²) in [7, 11) is -3.66. The number of rotatable bonds is 10. The van der Waals surface area contributed by atoms with Gasteiger partial charge in [-0.25, -0.2) is 27.5 Å². The average Bonchev–Trinajstić information content (AvgIpc) is 2.76. The van der Waals surface area contributed by atoms with Crippen molar-refractivity contribution in [3.05, 3.63) is 52.5 Å². The minimum Gasteiger partial charge on any atom is -0.489 e. The van der Waals surface area contributed by atoms with Crippen molar-refractivity contribution in [3.63, 3.8) is 0 Å². The van der Waals surface area contributed by atoms with Crippen molar-refractivity contribution < 1.29 is 23.1 Å². The van der Waals surface area contributed by atoms with Crippen LogP contribution in [0.2, 0.25) is 10.0 Å². The standard InChI is InChI=1S/C21H26Cl2N4O5S/c22-15-5-6-19(18(23)13-15)32-17-7-11-27(12-8-17)33(30,31)14-16(26-21(28)29)3-1-4-20-24-9-2-10-25-20/h2,5-6,9-10,13,16-17,26H,1,3-4,7-8,11-12,14H2,(H,28,29). The van der Waals surface area contributed by atoms with Crippen molar-refractivity contribution in [2.45, 2.75) is 44.2 Å². The highest BCUT2D eigenvalue weighted by atomic mass is 35.5. The molecule has 0 saturated carbocycles. The van der Waals surface area contributed by atoms with Gasteiger partial charge in [0.15, 0.2) is 0 Å². The molecule has 2 heterocycles. The number of aromatic nitrogens is 2. The fourth-order valence-corrected chi connectivity index (χ4v) is 5.87. The highest BCUT2D eigenvalue weighted by molar-refractivity contribution is 7.89. The van der Waals surface area contributed by atoms with E-state index in [1.54, 1.807) is 36.7 Å². The van der Waals surface area contributed by atoms with Crippen LogP contribution < -0.4 is 10.1 Å². The maximum Gasteiger partial charge on any atom is 0.404 e. The Balaban J connectivity index is 1.52. The van der Waals surface area contributed by atoms with E-state index in [1.807, 2.05) is 0 Å². The molecule has 9 nitrogen and oxygen atoms in total. The number of nitrogens with zero attached hydrogens (tertiary/aromatic N) is 3. The van der Waals surface area contributed by atoms with Gasteiger partial charge in [-0.05, 0) is 49.9 Å². The molecule has 1 amide bonds. The van der Waals surface area contributed by atoms with Crippen LogP contribution in [0.15, 0.2) is 36.7 Å². The second-order valence-electron chi connectivity index (χ2n) is 7.77. The SMILES string of the molecule is O=C(O)NC(CCCc1ncccn1)CS(=O)(=O)N1CCC(Oc2ccc(Cl)cc2Cl)CC1. The van der Waals surface area contributed by atoms with Crippen molar-refractivity contribution in [1.29, 1.82) is 0 Å². The van der Waals surface area contributed by atoms with Crippen LogP contribution in [-0.2, 0) is 16.4 Å². The molecule has 2 aromatic rings. The summed E-state index contributed by atoms with van der Waals surface area (Å²) in [6.07, 6.45) is 4.30. The molecule has 33 heavy (non-hydrogen) atoms. The van der Waals surface area contributed by atoms with E-state index >= 15 is 0 Å². The number of hydrogen-bond donors (Lipinski definition) is 2. The third-order valence-corrected chi connectivity index (χ3v) is 7.80. The molecule has 1 aliphatic rings. The lowest BCUT2D eigenvalue weighted by atomic mass is 10.1.